The molecule has 2 rings (SSSR count). The summed E-state index contributed by atoms with van der Waals surface area (Å²) in [6.45, 7) is 3.06. The van der Waals surface area contributed by atoms with Crippen molar-refractivity contribution in [1.29, 1.82) is 0 Å². The zero-order valence-corrected chi connectivity index (χ0v) is 11.2. The molecule has 106 valence electrons. The molecule has 0 atom stereocenters. The molecule has 0 aliphatic carbocycles. The third kappa shape index (κ3) is 4.10. The highest BCUT2D eigenvalue weighted by molar-refractivity contribution is 5.26. The van der Waals surface area contributed by atoms with Gasteiger partial charge in [-0.15, -0.1) is 0 Å². The van der Waals surface area contributed by atoms with E-state index in [-0.39, 0.29) is 0 Å². The van der Waals surface area contributed by atoms with E-state index < -0.39 is 11.7 Å². The molecule has 0 amide bonds. The second kappa shape index (κ2) is 6.09. The van der Waals surface area contributed by atoms with Gasteiger partial charge in [0.25, 0.3) is 0 Å². The minimum atomic E-state index is -4.28. The number of halogens is 3. The summed E-state index contributed by atoms with van der Waals surface area (Å²) in [7, 11) is 0. The second-order valence-corrected chi connectivity index (χ2v) is 4.79. The Kier molecular flexibility index (Phi) is 4.45. The number of aryl methyl sites for hydroxylation is 1. The molecule has 2 aromatic carbocycles. The van der Waals surface area contributed by atoms with Crippen molar-refractivity contribution in [3.63, 3.8) is 0 Å². The molecule has 0 spiro atoms. The quantitative estimate of drug-likeness (QED) is 0.879. The monoisotopic (exact) mass is 279 g/mol. The summed E-state index contributed by atoms with van der Waals surface area (Å²) >= 11 is 0. The van der Waals surface area contributed by atoms with Crippen LogP contribution in [0.1, 0.15) is 22.3 Å². The second-order valence-electron chi connectivity index (χ2n) is 4.79. The highest BCUT2D eigenvalue weighted by Gasteiger charge is 2.30. The van der Waals surface area contributed by atoms with Crippen molar-refractivity contribution >= 4 is 0 Å². The molecule has 1 nitrogen and oxygen atoms in total. The number of benzene rings is 2. The van der Waals surface area contributed by atoms with Crippen LogP contribution in [0.25, 0.3) is 0 Å². The predicted molar refractivity (Wildman–Crippen MR) is 73.2 cm³/mol. The van der Waals surface area contributed by atoms with Crippen molar-refractivity contribution < 1.29 is 13.2 Å². The van der Waals surface area contributed by atoms with E-state index in [9.17, 15) is 13.2 Å². The molecule has 0 radical (unpaired) electrons. The first-order chi connectivity index (χ1) is 9.45. The maximum absolute atomic E-state index is 12.6. The van der Waals surface area contributed by atoms with Crippen molar-refractivity contribution in [1.82, 2.24) is 5.32 Å². The first-order valence-corrected chi connectivity index (χ1v) is 6.37. The molecule has 20 heavy (non-hydrogen) atoms. The van der Waals surface area contributed by atoms with Gasteiger partial charge in [0.15, 0.2) is 0 Å². The van der Waals surface area contributed by atoms with Crippen molar-refractivity contribution in [3.8, 4) is 0 Å². The van der Waals surface area contributed by atoms with Crippen LogP contribution in [0.5, 0.6) is 0 Å². The molecule has 2 aromatic rings. The van der Waals surface area contributed by atoms with Crippen molar-refractivity contribution in [3.05, 3.63) is 70.8 Å². The fourth-order valence-electron chi connectivity index (χ4n) is 1.91. The molecule has 0 aliphatic heterocycles. The Bertz CT molecular complexity index is 559. The van der Waals surface area contributed by atoms with Crippen molar-refractivity contribution in [2.24, 2.45) is 0 Å². The molecule has 0 fully saturated rings. The molecule has 0 bridgehead atoms. The van der Waals surface area contributed by atoms with Crippen LogP contribution in [-0.2, 0) is 19.3 Å². The molecule has 0 saturated heterocycles. The zero-order valence-electron chi connectivity index (χ0n) is 11.2. The smallest absolute Gasteiger partial charge is 0.309 e. The van der Waals surface area contributed by atoms with Crippen LogP contribution in [-0.4, -0.2) is 0 Å². The average Bonchev–Trinajstić information content (AvgIpc) is 2.40. The Labute approximate surface area is 116 Å². The number of rotatable bonds is 4. The maximum atomic E-state index is 12.6. The SMILES string of the molecule is Cc1ccc(CNCc2cccc(C(F)(F)F)c2)cc1. The highest BCUT2D eigenvalue weighted by Crippen LogP contribution is 2.29. The van der Waals surface area contributed by atoms with E-state index in [1.807, 2.05) is 31.2 Å². The normalized spacial score (nSPS) is 11.6. The van der Waals surface area contributed by atoms with E-state index >= 15 is 0 Å². The van der Waals surface area contributed by atoms with Gasteiger partial charge in [0.2, 0.25) is 0 Å². The number of nitrogens with one attached hydrogen (secondary N) is 1. The Morgan fingerprint density at radius 1 is 0.900 bits per heavy atom. The molecule has 0 unspecified atom stereocenters. The summed E-state index contributed by atoms with van der Waals surface area (Å²) in [6, 6.07) is 13.4. The molecule has 0 aromatic heterocycles. The molecular formula is C16H16F3N. The summed E-state index contributed by atoms with van der Waals surface area (Å²) < 4.78 is 37.7. The van der Waals surface area contributed by atoms with Crippen LogP contribution in [0.4, 0.5) is 13.2 Å². The van der Waals surface area contributed by atoms with E-state index in [2.05, 4.69) is 5.32 Å². The number of hydrogen-bond acceptors (Lipinski definition) is 1. The summed E-state index contributed by atoms with van der Waals surface area (Å²) in [6.07, 6.45) is -4.28. The fraction of sp³-hybridized carbons (Fsp3) is 0.250. The molecule has 1 N–H and O–H groups in total. The molecule has 0 aliphatic rings. The van der Waals surface area contributed by atoms with Gasteiger partial charge in [0.05, 0.1) is 5.56 Å². The van der Waals surface area contributed by atoms with Gasteiger partial charge < -0.3 is 5.32 Å². The van der Waals surface area contributed by atoms with Crippen LogP contribution in [0.2, 0.25) is 0 Å². The Morgan fingerprint density at radius 3 is 2.20 bits per heavy atom. The van der Waals surface area contributed by atoms with Gasteiger partial charge in [-0.1, -0.05) is 48.0 Å². The lowest BCUT2D eigenvalue weighted by Crippen LogP contribution is -2.13. The maximum Gasteiger partial charge on any atom is 0.416 e. The summed E-state index contributed by atoms with van der Waals surface area (Å²) in [5, 5.41) is 3.15. The van der Waals surface area contributed by atoms with Crippen LogP contribution < -0.4 is 5.32 Å². The third-order valence-corrected chi connectivity index (χ3v) is 3.03. The predicted octanol–water partition coefficient (Wildman–Crippen LogP) is 4.30. The lowest BCUT2D eigenvalue weighted by Gasteiger charge is -2.09. The van der Waals surface area contributed by atoms with Crippen LogP contribution in [0.3, 0.4) is 0 Å². The minimum Gasteiger partial charge on any atom is -0.309 e. The van der Waals surface area contributed by atoms with Gasteiger partial charge >= 0.3 is 6.18 Å². The zero-order chi connectivity index (χ0) is 14.6. The number of alkyl halides is 3. The number of hydrogen-bond donors (Lipinski definition) is 1. The van der Waals surface area contributed by atoms with E-state index in [4.69, 9.17) is 0 Å². The van der Waals surface area contributed by atoms with Gasteiger partial charge in [-0.2, -0.15) is 13.2 Å². The van der Waals surface area contributed by atoms with Gasteiger partial charge in [-0.3, -0.25) is 0 Å². The summed E-state index contributed by atoms with van der Waals surface area (Å²) in [5.74, 6) is 0. The van der Waals surface area contributed by atoms with E-state index in [1.54, 1.807) is 6.07 Å². The lowest BCUT2D eigenvalue weighted by atomic mass is 10.1. The third-order valence-electron chi connectivity index (χ3n) is 3.03. The van der Waals surface area contributed by atoms with E-state index in [1.165, 1.54) is 17.7 Å². The van der Waals surface area contributed by atoms with Gasteiger partial charge in [-0.25, -0.2) is 0 Å². The summed E-state index contributed by atoms with van der Waals surface area (Å²) in [5.41, 5.74) is 2.33. The Morgan fingerprint density at radius 2 is 1.55 bits per heavy atom. The minimum absolute atomic E-state index is 0.414. The first-order valence-electron chi connectivity index (χ1n) is 6.37. The average molecular weight is 279 g/mol. The molecule has 0 saturated carbocycles. The van der Waals surface area contributed by atoms with Crippen molar-refractivity contribution in [2.45, 2.75) is 26.2 Å². The largest absolute Gasteiger partial charge is 0.416 e. The van der Waals surface area contributed by atoms with Gasteiger partial charge in [0.1, 0.15) is 0 Å². The van der Waals surface area contributed by atoms with Gasteiger partial charge in [-0.05, 0) is 24.1 Å². The molecule has 0 heterocycles. The van der Waals surface area contributed by atoms with E-state index in [0.29, 0.717) is 18.7 Å². The highest BCUT2D eigenvalue weighted by atomic mass is 19.4. The Hall–Kier alpha value is -1.81. The topological polar surface area (TPSA) is 12.0 Å². The Balaban J connectivity index is 1.93. The van der Waals surface area contributed by atoms with Crippen LogP contribution >= 0.6 is 0 Å². The molecular weight excluding hydrogens is 263 g/mol. The van der Waals surface area contributed by atoms with E-state index in [0.717, 1.165) is 11.6 Å². The summed E-state index contributed by atoms with van der Waals surface area (Å²) in [4.78, 5) is 0. The fourth-order valence-corrected chi connectivity index (χ4v) is 1.91. The van der Waals surface area contributed by atoms with Crippen molar-refractivity contribution in [2.75, 3.05) is 0 Å². The molecule has 4 heteroatoms. The first kappa shape index (κ1) is 14.6. The lowest BCUT2D eigenvalue weighted by molar-refractivity contribution is -0.137. The van der Waals surface area contributed by atoms with Crippen LogP contribution in [0.15, 0.2) is 48.5 Å². The van der Waals surface area contributed by atoms with Gasteiger partial charge in [0, 0.05) is 13.1 Å². The van der Waals surface area contributed by atoms with Crippen LogP contribution in [0, 0.1) is 6.92 Å². The standard InChI is InChI=1S/C16H16F3N/c1-12-5-7-13(8-6-12)10-20-11-14-3-2-4-15(9-14)16(17,18)19/h2-9,20H,10-11H2,1H3.